The molecule has 1 heterocycles. The van der Waals surface area contributed by atoms with Crippen LogP contribution in [0.1, 0.15) is 16.2 Å². The number of nitrogens with zero attached hydrogens (tertiary/aromatic N) is 3. The maximum Gasteiger partial charge on any atom is 0.262 e. The molecule has 0 radical (unpaired) electrons. The zero-order chi connectivity index (χ0) is 16.4. The number of fused-ring (bicyclic) bond motifs is 1. The summed E-state index contributed by atoms with van der Waals surface area (Å²) in [6, 6.07) is 13.7. The smallest absolute Gasteiger partial charge is 0.262 e. The first-order valence-electron chi connectivity index (χ1n) is 6.78. The molecule has 0 amide bonds. The van der Waals surface area contributed by atoms with Gasteiger partial charge in [0.25, 0.3) is 5.56 Å². The number of nitriles is 1. The molecule has 0 aliphatic rings. The summed E-state index contributed by atoms with van der Waals surface area (Å²) in [5.41, 5.74) is -0.0484. The van der Waals surface area contributed by atoms with Gasteiger partial charge in [-0.25, -0.2) is 9.37 Å². The molecule has 0 atom stereocenters. The maximum atomic E-state index is 13.4. The topological polar surface area (TPSA) is 75.8 Å². The Bertz CT molecular complexity index is 1000. The van der Waals surface area contributed by atoms with E-state index >= 15 is 0 Å². The summed E-state index contributed by atoms with van der Waals surface area (Å²) in [7, 11) is 0. The number of aromatic nitrogens is 2. The van der Waals surface area contributed by atoms with Gasteiger partial charge in [0.05, 0.1) is 17.0 Å². The molecule has 5 nitrogen and oxygen atoms in total. The number of carbonyl (C=O) groups excluding carboxylic acids is 1. The molecule has 0 fully saturated rings. The molecule has 0 bridgehead atoms. The summed E-state index contributed by atoms with van der Waals surface area (Å²) in [5.74, 6) is -1.19. The van der Waals surface area contributed by atoms with Crippen LogP contribution in [0.4, 0.5) is 4.39 Å². The van der Waals surface area contributed by atoms with Crippen molar-refractivity contribution in [1.29, 1.82) is 5.26 Å². The quantitative estimate of drug-likeness (QED) is 0.696. The van der Waals surface area contributed by atoms with Crippen LogP contribution in [0.15, 0.2) is 53.3 Å². The number of hydrogen-bond donors (Lipinski definition) is 0. The van der Waals surface area contributed by atoms with E-state index in [4.69, 9.17) is 5.26 Å². The first-order valence-corrected chi connectivity index (χ1v) is 6.78. The third-order valence-corrected chi connectivity index (χ3v) is 3.38. The van der Waals surface area contributed by atoms with Crippen LogP contribution in [0.3, 0.4) is 0 Å². The van der Waals surface area contributed by atoms with Gasteiger partial charge in [0.2, 0.25) is 5.78 Å². The number of carbonyl (C=O) groups is 1. The monoisotopic (exact) mass is 307 g/mol. The van der Waals surface area contributed by atoms with Gasteiger partial charge in [-0.1, -0.05) is 30.3 Å². The van der Waals surface area contributed by atoms with Gasteiger partial charge >= 0.3 is 0 Å². The molecule has 0 unspecified atom stereocenters. The van der Waals surface area contributed by atoms with Crippen molar-refractivity contribution in [2.45, 2.75) is 6.54 Å². The highest BCUT2D eigenvalue weighted by molar-refractivity contribution is 6.07. The molecule has 23 heavy (non-hydrogen) atoms. The van der Waals surface area contributed by atoms with Crippen molar-refractivity contribution >= 4 is 16.7 Å². The predicted molar refractivity (Wildman–Crippen MR) is 81.4 cm³/mol. The molecule has 1 aromatic heterocycles. The lowest BCUT2D eigenvalue weighted by Gasteiger charge is -2.10. The maximum absolute atomic E-state index is 13.4. The molecule has 6 heteroatoms. The van der Waals surface area contributed by atoms with E-state index in [-0.39, 0.29) is 23.3 Å². The van der Waals surface area contributed by atoms with Crippen molar-refractivity contribution in [2.75, 3.05) is 0 Å². The Hall–Kier alpha value is -3.33. The third kappa shape index (κ3) is 2.60. The Morgan fingerprint density at radius 2 is 1.96 bits per heavy atom. The van der Waals surface area contributed by atoms with E-state index in [1.165, 1.54) is 12.1 Å². The van der Waals surface area contributed by atoms with Gasteiger partial charge < -0.3 is 0 Å². The largest absolute Gasteiger partial charge is 0.285 e. The van der Waals surface area contributed by atoms with Gasteiger partial charge in [0.1, 0.15) is 12.4 Å². The zero-order valence-electron chi connectivity index (χ0n) is 11.9. The first-order chi connectivity index (χ1) is 11.1. The summed E-state index contributed by atoms with van der Waals surface area (Å²) < 4.78 is 14.3. The molecule has 3 rings (SSSR count). The summed E-state index contributed by atoms with van der Waals surface area (Å²) >= 11 is 0. The van der Waals surface area contributed by atoms with Crippen LogP contribution in [-0.2, 0) is 6.54 Å². The number of hydrogen-bond acceptors (Lipinski definition) is 4. The van der Waals surface area contributed by atoms with Crippen LogP contribution >= 0.6 is 0 Å². The van der Waals surface area contributed by atoms with Gasteiger partial charge in [-0.2, -0.15) is 5.26 Å². The molecule has 0 aliphatic heterocycles. The van der Waals surface area contributed by atoms with Gasteiger partial charge in [0.15, 0.2) is 5.82 Å². The molecular formula is C17H10FN3O2. The minimum atomic E-state index is -0.615. The van der Waals surface area contributed by atoms with E-state index in [1.54, 1.807) is 30.3 Å². The van der Waals surface area contributed by atoms with Crippen LogP contribution in [0.25, 0.3) is 10.9 Å². The fourth-order valence-electron chi connectivity index (χ4n) is 2.30. The standard InChI is InChI=1S/C17H10FN3O2/c18-12-6-7-14-13(10-12)17(23)21(9-8-19)16(20-14)15(22)11-4-2-1-3-5-11/h1-7,10H,9H2. The van der Waals surface area contributed by atoms with Gasteiger partial charge in [-0.05, 0) is 18.2 Å². The second-order valence-electron chi connectivity index (χ2n) is 4.84. The van der Waals surface area contributed by atoms with Gasteiger partial charge in [-0.3, -0.25) is 14.2 Å². The first kappa shape index (κ1) is 14.6. The third-order valence-electron chi connectivity index (χ3n) is 3.38. The second kappa shape index (κ2) is 5.81. The van der Waals surface area contributed by atoms with Gasteiger partial charge in [0, 0.05) is 5.56 Å². The Labute approximate surface area is 130 Å². The fraction of sp³-hybridized carbons (Fsp3) is 0.0588. The highest BCUT2D eigenvalue weighted by Gasteiger charge is 2.19. The molecular weight excluding hydrogens is 297 g/mol. The molecule has 0 aliphatic carbocycles. The Kier molecular flexibility index (Phi) is 3.69. The lowest BCUT2D eigenvalue weighted by Crippen LogP contribution is -2.28. The minimum absolute atomic E-state index is 0.0323. The van der Waals surface area contributed by atoms with Crippen molar-refractivity contribution in [3.05, 3.63) is 76.1 Å². The lowest BCUT2D eigenvalue weighted by molar-refractivity contribution is 0.102. The second-order valence-corrected chi connectivity index (χ2v) is 4.84. The van der Waals surface area contributed by atoms with Crippen LogP contribution in [-0.4, -0.2) is 15.3 Å². The van der Waals surface area contributed by atoms with Crippen molar-refractivity contribution in [3.8, 4) is 6.07 Å². The van der Waals surface area contributed by atoms with Gasteiger partial charge in [-0.15, -0.1) is 0 Å². The summed E-state index contributed by atoms with van der Waals surface area (Å²) in [6.45, 7) is -0.341. The fourth-order valence-corrected chi connectivity index (χ4v) is 2.30. The predicted octanol–water partition coefficient (Wildman–Crippen LogP) is 2.29. The number of rotatable bonds is 3. The zero-order valence-corrected chi connectivity index (χ0v) is 11.9. The Morgan fingerprint density at radius 1 is 1.22 bits per heavy atom. The van der Waals surface area contributed by atoms with Crippen LogP contribution in [0, 0.1) is 17.1 Å². The van der Waals surface area contributed by atoms with Crippen molar-refractivity contribution in [2.24, 2.45) is 0 Å². The van der Waals surface area contributed by atoms with Crippen LogP contribution in [0.5, 0.6) is 0 Å². The average Bonchev–Trinajstić information content (AvgIpc) is 2.58. The molecule has 0 spiro atoms. The van der Waals surface area contributed by atoms with Crippen LogP contribution < -0.4 is 5.56 Å². The molecule has 3 aromatic rings. The van der Waals surface area contributed by atoms with E-state index in [2.05, 4.69) is 4.98 Å². The van der Waals surface area contributed by atoms with E-state index in [0.29, 0.717) is 5.56 Å². The minimum Gasteiger partial charge on any atom is -0.285 e. The van der Waals surface area contributed by atoms with Crippen molar-refractivity contribution < 1.29 is 9.18 Å². The summed E-state index contributed by atoms with van der Waals surface area (Å²) in [6.07, 6.45) is 0. The molecule has 0 saturated carbocycles. The van der Waals surface area contributed by atoms with E-state index < -0.39 is 17.2 Å². The lowest BCUT2D eigenvalue weighted by atomic mass is 10.1. The summed E-state index contributed by atoms with van der Waals surface area (Å²) in [5, 5.41) is 8.96. The molecule has 0 N–H and O–H groups in total. The Morgan fingerprint density at radius 3 is 2.65 bits per heavy atom. The molecule has 2 aromatic carbocycles. The van der Waals surface area contributed by atoms with Crippen molar-refractivity contribution in [1.82, 2.24) is 9.55 Å². The molecule has 0 saturated heterocycles. The highest BCUT2D eigenvalue weighted by Crippen LogP contribution is 2.13. The van der Waals surface area contributed by atoms with E-state index in [9.17, 15) is 14.0 Å². The SMILES string of the molecule is N#CCn1c(C(=O)c2ccccc2)nc2ccc(F)cc2c1=O. The van der Waals surface area contributed by atoms with E-state index in [0.717, 1.165) is 10.6 Å². The molecule has 112 valence electrons. The van der Waals surface area contributed by atoms with E-state index in [1.807, 2.05) is 6.07 Å². The summed E-state index contributed by atoms with van der Waals surface area (Å²) in [4.78, 5) is 29.2. The number of benzene rings is 2. The highest BCUT2D eigenvalue weighted by atomic mass is 19.1. The normalized spacial score (nSPS) is 10.4. The average molecular weight is 307 g/mol. The number of halogens is 1. The van der Waals surface area contributed by atoms with Crippen LogP contribution in [0.2, 0.25) is 0 Å². The Balaban J connectivity index is 2.30. The van der Waals surface area contributed by atoms with Crippen molar-refractivity contribution in [3.63, 3.8) is 0 Å². The number of ketones is 1.